The molecule has 0 spiro atoms. The summed E-state index contributed by atoms with van der Waals surface area (Å²) >= 11 is 0. The number of ether oxygens (including phenoxy) is 1. The maximum absolute atomic E-state index is 12.9. The molecule has 8 heteroatoms. The number of benzene rings is 2. The summed E-state index contributed by atoms with van der Waals surface area (Å²) in [5.74, 6) is 6.02. The van der Waals surface area contributed by atoms with Crippen molar-refractivity contribution in [3.63, 3.8) is 0 Å². The number of likely N-dealkylation sites (tertiary alicyclic amines) is 1. The molecule has 1 saturated heterocycles. The van der Waals surface area contributed by atoms with Gasteiger partial charge in [0.2, 0.25) is 0 Å². The van der Waals surface area contributed by atoms with E-state index in [0.717, 1.165) is 30.6 Å². The van der Waals surface area contributed by atoms with Crippen LogP contribution in [0.4, 0.5) is 10.5 Å². The molecule has 0 saturated carbocycles. The smallest absolute Gasteiger partial charge is 0.413 e. The normalized spacial score (nSPS) is 15.0. The number of amidine groups is 1. The molecular weight excluding hydrogens is 456 g/mol. The Labute approximate surface area is 212 Å². The molecule has 2 aromatic rings. The Hall–Kier alpha value is -3.83. The maximum atomic E-state index is 12.9. The van der Waals surface area contributed by atoms with Gasteiger partial charge in [-0.25, -0.2) is 4.79 Å². The van der Waals surface area contributed by atoms with Crippen LogP contribution in [-0.2, 0) is 11.3 Å². The van der Waals surface area contributed by atoms with Crippen molar-refractivity contribution in [1.29, 1.82) is 5.41 Å². The molecule has 1 atom stereocenters. The molecule has 0 radical (unpaired) electrons. The molecular formula is C28H34N4O4. The second-order valence-electron chi connectivity index (χ2n) is 9.75. The largest absolute Gasteiger partial charge is 0.444 e. The van der Waals surface area contributed by atoms with Crippen molar-refractivity contribution < 1.29 is 19.4 Å². The van der Waals surface area contributed by atoms with Crippen LogP contribution in [0.25, 0.3) is 0 Å². The monoisotopic (exact) mass is 490 g/mol. The molecule has 190 valence electrons. The van der Waals surface area contributed by atoms with E-state index in [-0.39, 0.29) is 24.4 Å². The molecule has 1 aliphatic rings. The number of aliphatic hydroxyl groups excluding tert-OH is 1. The quantitative estimate of drug-likeness (QED) is 0.286. The van der Waals surface area contributed by atoms with E-state index < -0.39 is 11.7 Å². The molecule has 1 unspecified atom stereocenters. The van der Waals surface area contributed by atoms with Crippen molar-refractivity contribution in [2.75, 3.05) is 18.4 Å². The van der Waals surface area contributed by atoms with E-state index in [1.165, 1.54) is 0 Å². The van der Waals surface area contributed by atoms with Gasteiger partial charge in [-0.05, 0) is 88.6 Å². The Morgan fingerprint density at radius 3 is 2.53 bits per heavy atom. The predicted molar refractivity (Wildman–Crippen MR) is 140 cm³/mol. The van der Waals surface area contributed by atoms with Crippen LogP contribution in [0.1, 0.15) is 67.6 Å². The number of nitrogens with one attached hydrogen (secondary N) is 3. The summed E-state index contributed by atoms with van der Waals surface area (Å²) in [4.78, 5) is 26.6. The van der Waals surface area contributed by atoms with Gasteiger partial charge in [-0.3, -0.25) is 15.5 Å². The van der Waals surface area contributed by atoms with Crippen molar-refractivity contribution >= 4 is 23.5 Å². The van der Waals surface area contributed by atoms with Crippen molar-refractivity contribution in [2.45, 2.75) is 58.8 Å². The summed E-state index contributed by atoms with van der Waals surface area (Å²) in [5, 5.41) is 23.4. The first-order chi connectivity index (χ1) is 17.1. The minimum atomic E-state index is -0.669. The predicted octanol–water partition coefficient (Wildman–Crippen LogP) is 4.12. The Balaban J connectivity index is 1.55. The van der Waals surface area contributed by atoms with Crippen molar-refractivity contribution in [1.82, 2.24) is 10.2 Å². The Morgan fingerprint density at radius 2 is 1.92 bits per heavy atom. The lowest BCUT2D eigenvalue weighted by Crippen LogP contribution is -2.36. The van der Waals surface area contributed by atoms with Gasteiger partial charge < -0.3 is 20.1 Å². The molecule has 0 aromatic heterocycles. The van der Waals surface area contributed by atoms with Gasteiger partial charge in [0.15, 0.2) is 0 Å². The molecule has 4 N–H and O–H groups in total. The van der Waals surface area contributed by atoms with Crippen molar-refractivity contribution in [3.05, 3.63) is 64.7 Å². The lowest BCUT2D eigenvalue weighted by molar-refractivity contribution is 0.0562. The Kier molecular flexibility index (Phi) is 8.73. The van der Waals surface area contributed by atoms with Crippen LogP contribution >= 0.6 is 0 Å². The number of carbonyl (C=O) groups is 2. The Bertz CT molecular complexity index is 1170. The van der Waals surface area contributed by atoms with Crippen LogP contribution in [0.2, 0.25) is 0 Å². The second kappa shape index (κ2) is 11.7. The zero-order valence-corrected chi connectivity index (χ0v) is 21.3. The molecule has 0 bridgehead atoms. The van der Waals surface area contributed by atoms with Gasteiger partial charge in [-0.2, -0.15) is 0 Å². The minimum absolute atomic E-state index is 0.0388. The summed E-state index contributed by atoms with van der Waals surface area (Å²) in [5.41, 5.74) is 2.56. The zero-order chi connectivity index (χ0) is 26.3. The average molecular weight is 491 g/mol. The number of anilines is 1. The van der Waals surface area contributed by atoms with E-state index in [2.05, 4.69) is 29.4 Å². The third-order valence-corrected chi connectivity index (χ3v) is 5.73. The highest BCUT2D eigenvalue weighted by Gasteiger charge is 2.27. The summed E-state index contributed by atoms with van der Waals surface area (Å²) in [6.45, 7) is 8.25. The summed E-state index contributed by atoms with van der Waals surface area (Å²) in [6.07, 6.45) is 1.34. The average Bonchev–Trinajstić information content (AvgIpc) is 3.26. The van der Waals surface area contributed by atoms with Gasteiger partial charge >= 0.3 is 6.09 Å². The number of aliphatic hydroxyl groups is 1. The number of alkyl carbamates (subject to hydrolysis) is 1. The van der Waals surface area contributed by atoms with E-state index in [1.54, 1.807) is 63.2 Å². The van der Waals surface area contributed by atoms with Crippen LogP contribution in [-0.4, -0.2) is 52.6 Å². The van der Waals surface area contributed by atoms with Crippen LogP contribution in [0.5, 0.6) is 0 Å². The van der Waals surface area contributed by atoms with E-state index in [4.69, 9.17) is 10.1 Å². The van der Waals surface area contributed by atoms with Crippen LogP contribution in [0, 0.1) is 17.3 Å². The fourth-order valence-electron chi connectivity index (χ4n) is 3.93. The van der Waals surface area contributed by atoms with E-state index in [9.17, 15) is 14.7 Å². The fourth-order valence-corrected chi connectivity index (χ4v) is 3.93. The van der Waals surface area contributed by atoms with Gasteiger partial charge in [-0.1, -0.05) is 11.8 Å². The van der Waals surface area contributed by atoms with E-state index in [0.29, 0.717) is 23.2 Å². The lowest BCUT2D eigenvalue weighted by Gasteiger charge is -2.22. The topological polar surface area (TPSA) is 115 Å². The SMILES string of the molecule is CC1CCCN1C(=O)c1ccc(C#CCNc2ccc(C(=N)NC(=O)OC(C)(C)C)cc2)cc1CO. The number of hydrogen-bond acceptors (Lipinski definition) is 6. The summed E-state index contributed by atoms with van der Waals surface area (Å²) in [6, 6.07) is 12.6. The fraction of sp³-hybridized carbons (Fsp3) is 0.393. The highest BCUT2D eigenvalue weighted by molar-refractivity contribution is 6.04. The van der Waals surface area contributed by atoms with E-state index in [1.807, 2.05) is 4.90 Å². The van der Waals surface area contributed by atoms with Gasteiger partial charge in [0.1, 0.15) is 11.4 Å². The third kappa shape index (κ3) is 7.33. The van der Waals surface area contributed by atoms with Crippen LogP contribution in [0.3, 0.4) is 0 Å². The molecule has 0 aliphatic carbocycles. The molecule has 1 aliphatic heterocycles. The van der Waals surface area contributed by atoms with Crippen molar-refractivity contribution in [2.24, 2.45) is 0 Å². The number of hydrogen-bond donors (Lipinski definition) is 4. The summed E-state index contributed by atoms with van der Waals surface area (Å²) in [7, 11) is 0. The number of nitrogens with zero attached hydrogens (tertiary/aromatic N) is 1. The van der Waals surface area contributed by atoms with Crippen LogP contribution < -0.4 is 10.6 Å². The first-order valence-corrected chi connectivity index (χ1v) is 12.0. The summed E-state index contributed by atoms with van der Waals surface area (Å²) < 4.78 is 5.16. The van der Waals surface area contributed by atoms with Gasteiger partial charge in [0.05, 0.1) is 13.2 Å². The Morgan fingerprint density at radius 1 is 1.19 bits per heavy atom. The minimum Gasteiger partial charge on any atom is -0.444 e. The van der Waals surface area contributed by atoms with E-state index >= 15 is 0 Å². The first kappa shape index (κ1) is 26.8. The molecule has 1 fully saturated rings. The maximum Gasteiger partial charge on any atom is 0.413 e. The van der Waals surface area contributed by atoms with Crippen molar-refractivity contribution in [3.8, 4) is 11.8 Å². The highest BCUT2D eigenvalue weighted by atomic mass is 16.6. The molecule has 2 amide bonds. The third-order valence-electron chi connectivity index (χ3n) is 5.73. The zero-order valence-electron chi connectivity index (χ0n) is 21.3. The second-order valence-corrected chi connectivity index (χ2v) is 9.75. The highest BCUT2D eigenvalue weighted by Crippen LogP contribution is 2.22. The van der Waals surface area contributed by atoms with Gasteiger partial charge in [-0.15, -0.1) is 0 Å². The standard InChI is InChI=1S/C28H34N4O4/c1-19-7-6-16-32(19)26(34)24-14-9-20(17-22(24)18-33)8-5-15-30-23-12-10-21(11-13-23)25(29)31-27(35)36-28(2,3)4/h9-14,17,19,30,33H,6-7,15-16,18H2,1-4H3,(H2,29,31,35). The van der Waals surface area contributed by atoms with Gasteiger partial charge in [0, 0.05) is 35.0 Å². The molecule has 1 heterocycles. The number of rotatable bonds is 5. The van der Waals surface area contributed by atoms with Crippen LogP contribution in [0.15, 0.2) is 42.5 Å². The van der Waals surface area contributed by atoms with Gasteiger partial charge in [0.25, 0.3) is 5.91 Å². The number of amides is 2. The molecule has 2 aromatic carbocycles. The molecule has 36 heavy (non-hydrogen) atoms. The molecule has 8 nitrogen and oxygen atoms in total. The lowest BCUT2D eigenvalue weighted by atomic mass is 10.0. The first-order valence-electron chi connectivity index (χ1n) is 12.0. The number of carbonyl (C=O) groups excluding carboxylic acids is 2. The molecule has 3 rings (SSSR count).